The number of hydrogen-bond donors (Lipinski definition) is 1. The zero-order chi connectivity index (χ0) is 12.5. The number of nitrogens with one attached hydrogen (secondary N) is 1. The van der Waals surface area contributed by atoms with Crippen LogP contribution >= 0.6 is 22.9 Å². The van der Waals surface area contributed by atoms with Crippen LogP contribution in [0.1, 0.15) is 5.69 Å². The highest BCUT2D eigenvalue weighted by molar-refractivity contribution is 7.13. The highest BCUT2D eigenvalue weighted by Crippen LogP contribution is 2.31. The second-order valence-electron chi connectivity index (χ2n) is 3.51. The third-order valence-electron chi connectivity index (χ3n) is 2.27. The van der Waals surface area contributed by atoms with Gasteiger partial charge in [-0.25, -0.2) is 4.98 Å². The van der Waals surface area contributed by atoms with E-state index in [1.165, 1.54) is 11.5 Å². The van der Waals surface area contributed by atoms with E-state index in [9.17, 15) is 4.79 Å². The van der Waals surface area contributed by atoms with Gasteiger partial charge in [0.1, 0.15) is 0 Å². The lowest BCUT2D eigenvalue weighted by molar-refractivity contribution is 1.18. The lowest BCUT2D eigenvalue weighted by atomic mass is 10.3. The number of aromatic amines is 1. The second-order valence-corrected chi connectivity index (χ2v) is 5.22. The third-order valence-corrected chi connectivity index (χ3v) is 3.87. The number of fused-ring (bicyclic) bond motifs is 1. The highest BCUT2D eigenvalue weighted by Gasteiger charge is 2.06. The van der Waals surface area contributed by atoms with Gasteiger partial charge in [0.15, 0.2) is 15.6 Å². The zero-order valence-corrected chi connectivity index (χ0v) is 10.9. The molecule has 3 aromatic heterocycles. The number of aryl methyl sites for hydroxylation is 1. The van der Waals surface area contributed by atoms with E-state index in [0.717, 1.165) is 22.4 Å². The molecule has 0 radical (unpaired) electrons. The summed E-state index contributed by atoms with van der Waals surface area (Å²) in [7, 11) is 0. The van der Waals surface area contributed by atoms with Crippen LogP contribution in [0.5, 0.6) is 0 Å². The van der Waals surface area contributed by atoms with Crippen molar-refractivity contribution in [3.8, 4) is 0 Å². The van der Waals surface area contributed by atoms with E-state index in [0.29, 0.717) is 15.6 Å². The van der Waals surface area contributed by atoms with Crippen LogP contribution < -0.4 is 4.87 Å². The fourth-order valence-electron chi connectivity index (χ4n) is 1.43. The highest BCUT2D eigenvalue weighted by atomic mass is 32.1. The minimum atomic E-state index is -0.128. The Hall–Kier alpha value is -1.93. The van der Waals surface area contributed by atoms with Crippen molar-refractivity contribution in [1.29, 1.82) is 0 Å². The maximum Gasteiger partial charge on any atom is 0.306 e. The number of rotatable bonds is 2. The summed E-state index contributed by atoms with van der Waals surface area (Å²) in [5, 5.41) is 10.4. The van der Waals surface area contributed by atoms with Gasteiger partial charge in [-0.3, -0.25) is 4.79 Å². The Morgan fingerprint density at radius 2 is 2.17 bits per heavy atom. The van der Waals surface area contributed by atoms with E-state index in [4.69, 9.17) is 0 Å². The lowest BCUT2D eigenvalue weighted by Crippen LogP contribution is -1.90. The van der Waals surface area contributed by atoms with Crippen molar-refractivity contribution in [2.24, 2.45) is 10.2 Å². The summed E-state index contributed by atoms with van der Waals surface area (Å²) in [6.45, 7) is 1.79. The van der Waals surface area contributed by atoms with E-state index in [-0.39, 0.29) is 4.87 Å². The Labute approximate surface area is 109 Å². The molecule has 90 valence electrons. The predicted molar refractivity (Wildman–Crippen MR) is 71.3 cm³/mol. The minimum absolute atomic E-state index is 0.128. The normalized spacial score (nSPS) is 11.6. The largest absolute Gasteiger partial charge is 0.315 e. The smallest absolute Gasteiger partial charge is 0.306 e. The Balaban J connectivity index is 2.02. The first kappa shape index (κ1) is 11.2. The molecule has 0 bridgehead atoms. The van der Waals surface area contributed by atoms with Gasteiger partial charge in [0.25, 0.3) is 0 Å². The molecule has 8 heteroatoms. The second kappa shape index (κ2) is 4.39. The summed E-state index contributed by atoms with van der Waals surface area (Å²) in [6.07, 6.45) is 1.69. The topological polar surface area (TPSA) is 83.4 Å². The Morgan fingerprint density at radius 1 is 1.33 bits per heavy atom. The summed E-state index contributed by atoms with van der Waals surface area (Å²) in [6, 6.07) is 3.72. The minimum Gasteiger partial charge on any atom is -0.315 e. The summed E-state index contributed by atoms with van der Waals surface area (Å²) >= 11 is 2.28. The van der Waals surface area contributed by atoms with E-state index in [1.807, 2.05) is 12.1 Å². The molecule has 3 heterocycles. The first-order valence-corrected chi connectivity index (χ1v) is 6.65. The maximum absolute atomic E-state index is 11.1. The number of azo groups is 1. The number of nitrogens with zero attached hydrogens (tertiary/aromatic N) is 4. The van der Waals surface area contributed by atoms with Crippen LogP contribution in [-0.2, 0) is 0 Å². The van der Waals surface area contributed by atoms with Gasteiger partial charge in [-0.2, -0.15) is 4.37 Å². The molecule has 0 spiro atoms. The molecule has 0 saturated heterocycles. The van der Waals surface area contributed by atoms with E-state index in [1.54, 1.807) is 13.1 Å². The van der Waals surface area contributed by atoms with Gasteiger partial charge in [-0.1, -0.05) is 11.3 Å². The van der Waals surface area contributed by atoms with Crippen LogP contribution in [0.25, 0.3) is 11.0 Å². The number of aromatic nitrogens is 3. The lowest BCUT2D eigenvalue weighted by Gasteiger charge is -1.88. The van der Waals surface area contributed by atoms with Crippen molar-refractivity contribution in [1.82, 2.24) is 14.3 Å². The van der Waals surface area contributed by atoms with Crippen LogP contribution in [0.15, 0.2) is 33.4 Å². The van der Waals surface area contributed by atoms with E-state index in [2.05, 4.69) is 24.6 Å². The molecule has 6 nitrogen and oxygen atoms in total. The van der Waals surface area contributed by atoms with Gasteiger partial charge in [-0.05, 0) is 30.6 Å². The molecular weight excluding hydrogens is 270 g/mol. The third kappa shape index (κ3) is 1.95. The van der Waals surface area contributed by atoms with Crippen molar-refractivity contribution in [3.63, 3.8) is 0 Å². The van der Waals surface area contributed by atoms with Crippen LogP contribution in [0.4, 0.5) is 10.0 Å². The molecule has 0 aliphatic rings. The van der Waals surface area contributed by atoms with Crippen LogP contribution in [0.3, 0.4) is 0 Å². The van der Waals surface area contributed by atoms with E-state index >= 15 is 0 Å². The number of hydrogen-bond acceptors (Lipinski definition) is 7. The van der Waals surface area contributed by atoms with Crippen LogP contribution in [0.2, 0.25) is 0 Å². The van der Waals surface area contributed by atoms with Gasteiger partial charge < -0.3 is 4.98 Å². The first-order chi connectivity index (χ1) is 8.74. The molecule has 0 unspecified atom stereocenters. The molecule has 3 rings (SSSR count). The summed E-state index contributed by atoms with van der Waals surface area (Å²) in [5.74, 6) is 0. The molecule has 0 aromatic carbocycles. The molecular formula is C10H7N5OS2. The van der Waals surface area contributed by atoms with Crippen molar-refractivity contribution in [3.05, 3.63) is 33.7 Å². The molecule has 0 amide bonds. The maximum atomic E-state index is 11.1. The van der Waals surface area contributed by atoms with Gasteiger partial charge in [0.05, 0.1) is 11.1 Å². The van der Waals surface area contributed by atoms with Crippen molar-refractivity contribution >= 4 is 43.9 Å². The monoisotopic (exact) mass is 277 g/mol. The Bertz CT molecular complexity index is 785. The van der Waals surface area contributed by atoms with Gasteiger partial charge in [0.2, 0.25) is 0 Å². The molecule has 0 fully saturated rings. The van der Waals surface area contributed by atoms with Crippen LogP contribution in [0, 0.1) is 6.92 Å². The summed E-state index contributed by atoms with van der Waals surface area (Å²) < 4.78 is 4.17. The molecule has 0 saturated carbocycles. The SMILES string of the molecule is Cc1[nH]c(=O)sc1N=Nc1snc2ncccc12. The molecule has 1 N–H and O–H groups in total. The number of pyridine rings is 1. The number of H-pyrrole nitrogens is 1. The predicted octanol–water partition coefficient (Wildman–Crippen LogP) is 3.16. The molecule has 18 heavy (non-hydrogen) atoms. The Kier molecular flexibility index (Phi) is 2.73. The average molecular weight is 277 g/mol. The van der Waals surface area contributed by atoms with Crippen molar-refractivity contribution in [2.45, 2.75) is 6.92 Å². The first-order valence-electron chi connectivity index (χ1n) is 5.06. The summed E-state index contributed by atoms with van der Waals surface area (Å²) in [5.41, 5.74) is 1.39. The standard InChI is InChI=1S/C10H7N5OS2/c1-5-8(17-10(16)12-5)13-14-9-6-3-2-4-11-7(6)15-18-9/h2-4H,1H3,(H,12,16). The van der Waals surface area contributed by atoms with Gasteiger partial charge in [-0.15, -0.1) is 10.2 Å². The average Bonchev–Trinajstić information content (AvgIpc) is 2.90. The quantitative estimate of drug-likeness (QED) is 0.730. The fraction of sp³-hybridized carbons (Fsp3) is 0.100. The molecule has 3 aromatic rings. The van der Waals surface area contributed by atoms with Crippen molar-refractivity contribution < 1.29 is 0 Å². The van der Waals surface area contributed by atoms with Crippen LogP contribution in [-0.4, -0.2) is 14.3 Å². The molecule has 0 atom stereocenters. The summed E-state index contributed by atoms with van der Waals surface area (Å²) in [4.78, 5) is 17.8. The fourth-order valence-corrected chi connectivity index (χ4v) is 2.75. The number of thiazole rings is 1. The van der Waals surface area contributed by atoms with Crippen molar-refractivity contribution in [2.75, 3.05) is 0 Å². The van der Waals surface area contributed by atoms with E-state index < -0.39 is 0 Å². The Morgan fingerprint density at radius 3 is 2.94 bits per heavy atom. The zero-order valence-electron chi connectivity index (χ0n) is 9.25. The molecule has 0 aliphatic heterocycles. The van der Waals surface area contributed by atoms with Gasteiger partial charge in [0, 0.05) is 6.20 Å². The van der Waals surface area contributed by atoms with Gasteiger partial charge >= 0.3 is 4.87 Å². The molecule has 0 aliphatic carbocycles.